The Bertz CT molecular complexity index is 188. The van der Waals surface area contributed by atoms with Crippen LogP contribution in [0.15, 0.2) is 5.16 Å². The molecule has 0 heterocycles. The Kier molecular flexibility index (Phi) is 6.12. The number of nitrogens with zero attached hydrogens (tertiary/aromatic N) is 2. The molecule has 0 aliphatic rings. The molecule has 0 fully saturated rings. The number of oxime groups is 1. The van der Waals surface area contributed by atoms with E-state index in [1.165, 1.54) is 6.21 Å². The summed E-state index contributed by atoms with van der Waals surface area (Å²) in [6.45, 7) is 2.74. The summed E-state index contributed by atoms with van der Waals surface area (Å²) >= 11 is 0. The highest BCUT2D eigenvalue weighted by molar-refractivity contribution is 5.59. The minimum Gasteiger partial charge on any atom is -0.411 e. The Balaban J connectivity index is 3.56. The average Bonchev–Trinajstić information content (AvgIpc) is 1.98. The fourth-order valence-electron chi connectivity index (χ4n) is 0.614. The Morgan fingerprint density at radius 3 is 2.67 bits per heavy atom. The van der Waals surface area contributed by atoms with Crippen molar-refractivity contribution in [3.8, 4) is 11.8 Å². The zero-order valence-corrected chi connectivity index (χ0v) is 7.91. The summed E-state index contributed by atoms with van der Waals surface area (Å²) in [6.07, 6.45) is 2.24. The van der Waals surface area contributed by atoms with Crippen molar-refractivity contribution in [2.75, 3.05) is 20.6 Å². The molecule has 3 nitrogen and oxygen atoms in total. The third-order valence-electron chi connectivity index (χ3n) is 1.27. The van der Waals surface area contributed by atoms with Gasteiger partial charge in [-0.2, -0.15) is 0 Å². The summed E-state index contributed by atoms with van der Waals surface area (Å²) in [4.78, 5) is 2.01. The first-order chi connectivity index (χ1) is 5.66. The molecule has 0 saturated carbocycles. The van der Waals surface area contributed by atoms with Crippen molar-refractivity contribution in [1.29, 1.82) is 0 Å². The second kappa shape index (κ2) is 6.68. The lowest BCUT2D eigenvalue weighted by Crippen LogP contribution is -2.10. The summed E-state index contributed by atoms with van der Waals surface area (Å²) in [5, 5.41) is 11.1. The second-order valence-electron chi connectivity index (χ2n) is 3.04. The van der Waals surface area contributed by atoms with E-state index in [2.05, 4.69) is 17.0 Å². The summed E-state index contributed by atoms with van der Waals surface area (Å²) in [6, 6.07) is 0. The molecule has 1 N–H and O–H groups in total. The van der Waals surface area contributed by atoms with Crippen LogP contribution in [0.4, 0.5) is 0 Å². The predicted molar refractivity (Wildman–Crippen MR) is 50.4 cm³/mol. The Morgan fingerprint density at radius 1 is 1.50 bits per heavy atom. The highest BCUT2D eigenvalue weighted by Gasteiger charge is 1.92. The Morgan fingerprint density at radius 2 is 2.17 bits per heavy atom. The van der Waals surface area contributed by atoms with Crippen LogP contribution in [0, 0.1) is 17.8 Å². The molecular weight excluding hydrogens is 152 g/mol. The highest BCUT2D eigenvalue weighted by atomic mass is 16.4. The van der Waals surface area contributed by atoms with Crippen LogP contribution in [-0.2, 0) is 0 Å². The minimum absolute atomic E-state index is 0.227. The van der Waals surface area contributed by atoms with Crippen molar-refractivity contribution in [2.45, 2.75) is 13.3 Å². The fourth-order valence-corrected chi connectivity index (χ4v) is 0.614. The number of hydrogen-bond donors (Lipinski definition) is 1. The molecule has 68 valence electrons. The fraction of sp³-hybridized carbons (Fsp3) is 0.667. The van der Waals surface area contributed by atoms with Crippen molar-refractivity contribution in [3.63, 3.8) is 0 Å². The topological polar surface area (TPSA) is 35.8 Å². The van der Waals surface area contributed by atoms with Gasteiger partial charge in [0.25, 0.3) is 0 Å². The summed E-state index contributed by atoms with van der Waals surface area (Å²) in [5.74, 6) is 6.24. The largest absolute Gasteiger partial charge is 0.411 e. The van der Waals surface area contributed by atoms with Gasteiger partial charge in [0.05, 0.1) is 6.54 Å². The number of rotatable bonds is 3. The van der Waals surface area contributed by atoms with E-state index >= 15 is 0 Å². The molecule has 0 spiro atoms. The van der Waals surface area contributed by atoms with Crippen molar-refractivity contribution < 1.29 is 5.21 Å². The van der Waals surface area contributed by atoms with E-state index in [0.717, 1.165) is 13.0 Å². The van der Waals surface area contributed by atoms with E-state index in [1.54, 1.807) is 0 Å². The molecule has 1 atom stereocenters. The standard InChI is InChI=1S/C9H16N2O/c1-9(8-10-12)6-4-5-7-11(2)3/h8-9,12H,6-7H2,1-3H3/b10-8+. The summed E-state index contributed by atoms with van der Waals surface area (Å²) in [5.41, 5.74) is 0. The van der Waals surface area contributed by atoms with Crippen LogP contribution in [0.1, 0.15) is 13.3 Å². The minimum atomic E-state index is 0.227. The van der Waals surface area contributed by atoms with Crippen LogP contribution in [0.5, 0.6) is 0 Å². The third-order valence-corrected chi connectivity index (χ3v) is 1.27. The van der Waals surface area contributed by atoms with E-state index < -0.39 is 0 Å². The highest BCUT2D eigenvalue weighted by Crippen LogP contribution is 1.94. The molecule has 0 saturated heterocycles. The normalized spacial score (nSPS) is 13.0. The smallest absolute Gasteiger partial charge is 0.0596 e. The van der Waals surface area contributed by atoms with E-state index in [1.807, 2.05) is 25.9 Å². The van der Waals surface area contributed by atoms with Gasteiger partial charge in [-0.05, 0) is 14.1 Å². The van der Waals surface area contributed by atoms with Crippen LogP contribution < -0.4 is 0 Å². The van der Waals surface area contributed by atoms with Gasteiger partial charge in [0, 0.05) is 18.6 Å². The molecule has 0 aromatic heterocycles. The zero-order valence-electron chi connectivity index (χ0n) is 7.91. The molecular formula is C9H16N2O. The van der Waals surface area contributed by atoms with Gasteiger partial charge < -0.3 is 5.21 Å². The average molecular weight is 168 g/mol. The second-order valence-corrected chi connectivity index (χ2v) is 3.04. The van der Waals surface area contributed by atoms with Gasteiger partial charge >= 0.3 is 0 Å². The zero-order chi connectivity index (χ0) is 9.40. The van der Waals surface area contributed by atoms with E-state index in [9.17, 15) is 0 Å². The predicted octanol–water partition coefficient (Wildman–Crippen LogP) is 1.04. The van der Waals surface area contributed by atoms with Gasteiger partial charge in [0.15, 0.2) is 0 Å². The lowest BCUT2D eigenvalue weighted by atomic mass is 10.1. The van der Waals surface area contributed by atoms with Crippen LogP contribution in [0.25, 0.3) is 0 Å². The lowest BCUT2D eigenvalue weighted by molar-refractivity contribution is 0.318. The molecule has 0 radical (unpaired) electrons. The van der Waals surface area contributed by atoms with Crippen molar-refractivity contribution >= 4 is 6.21 Å². The van der Waals surface area contributed by atoms with Crippen molar-refractivity contribution in [3.05, 3.63) is 0 Å². The summed E-state index contributed by atoms with van der Waals surface area (Å²) in [7, 11) is 3.96. The maximum absolute atomic E-state index is 8.19. The van der Waals surface area contributed by atoms with E-state index in [4.69, 9.17) is 5.21 Å². The Hall–Kier alpha value is -1.01. The van der Waals surface area contributed by atoms with Gasteiger partial charge in [0.1, 0.15) is 0 Å². The SMILES string of the molecule is CC(/C=N/O)CC#CCN(C)C. The first-order valence-electron chi connectivity index (χ1n) is 3.94. The van der Waals surface area contributed by atoms with Crippen LogP contribution >= 0.6 is 0 Å². The van der Waals surface area contributed by atoms with Gasteiger partial charge in [-0.1, -0.05) is 12.8 Å². The van der Waals surface area contributed by atoms with Gasteiger partial charge in [-0.3, -0.25) is 4.90 Å². The van der Waals surface area contributed by atoms with Gasteiger partial charge in [-0.25, -0.2) is 0 Å². The first kappa shape index (κ1) is 11.0. The van der Waals surface area contributed by atoms with E-state index in [-0.39, 0.29) is 5.92 Å². The first-order valence-corrected chi connectivity index (χ1v) is 3.94. The quantitative estimate of drug-likeness (QED) is 0.296. The number of hydrogen-bond acceptors (Lipinski definition) is 3. The molecule has 0 rings (SSSR count). The molecule has 0 aromatic carbocycles. The van der Waals surface area contributed by atoms with Gasteiger partial charge in [0.2, 0.25) is 0 Å². The third kappa shape index (κ3) is 7.10. The molecule has 0 aromatic rings. The van der Waals surface area contributed by atoms with E-state index in [0.29, 0.717) is 0 Å². The molecule has 0 amide bonds. The molecule has 0 aliphatic heterocycles. The monoisotopic (exact) mass is 168 g/mol. The van der Waals surface area contributed by atoms with Crippen LogP contribution in [0.2, 0.25) is 0 Å². The van der Waals surface area contributed by atoms with Crippen molar-refractivity contribution in [2.24, 2.45) is 11.1 Å². The Labute approximate surface area is 74.1 Å². The van der Waals surface area contributed by atoms with Crippen molar-refractivity contribution in [1.82, 2.24) is 4.90 Å². The molecule has 12 heavy (non-hydrogen) atoms. The maximum atomic E-state index is 8.19. The molecule has 3 heteroatoms. The van der Waals surface area contributed by atoms with Crippen LogP contribution in [-0.4, -0.2) is 37.0 Å². The van der Waals surface area contributed by atoms with Crippen LogP contribution in [0.3, 0.4) is 0 Å². The van der Waals surface area contributed by atoms with Gasteiger partial charge in [-0.15, -0.1) is 11.1 Å². The molecule has 0 aliphatic carbocycles. The lowest BCUT2D eigenvalue weighted by Gasteiger charge is -2.01. The molecule has 1 unspecified atom stereocenters. The maximum Gasteiger partial charge on any atom is 0.0596 e. The summed E-state index contributed by atoms with van der Waals surface area (Å²) < 4.78 is 0. The molecule has 0 bridgehead atoms.